The molecule has 0 atom stereocenters. The Morgan fingerprint density at radius 2 is 1.79 bits per heavy atom. The van der Waals surface area contributed by atoms with Gasteiger partial charge in [-0.25, -0.2) is 14.4 Å². The molecule has 0 amide bonds. The number of halogens is 3. The molecule has 0 fully saturated rings. The van der Waals surface area contributed by atoms with Crippen LogP contribution in [0.3, 0.4) is 0 Å². The fourth-order valence-electron chi connectivity index (χ4n) is 1.61. The van der Waals surface area contributed by atoms with Crippen LogP contribution in [-0.4, -0.2) is 9.97 Å². The van der Waals surface area contributed by atoms with Crippen LogP contribution in [0, 0.1) is 5.82 Å². The van der Waals surface area contributed by atoms with Crippen molar-refractivity contribution in [1.29, 1.82) is 0 Å². The molecule has 0 bridgehead atoms. The largest absolute Gasteiger partial charge is 0.232 e. The highest BCUT2D eigenvalue weighted by Gasteiger charge is 2.18. The number of benzene rings is 1. The number of hydrogen-bond donors (Lipinski definition) is 0. The Morgan fingerprint density at radius 3 is 2.37 bits per heavy atom. The first-order chi connectivity index (χ1) is 8.75. The molecule has 0 saturated heterocycles. The maximum Gasteiger partial charge on any atom is 0.161 e. The lowest BCUT2D eigenvalue weighted by Gasteiger charge is -2.18. The van der Waals surface area contributed by atoms with Gasteiger partial charge in [0.15, 0.2) is 5.82 Å². The van der Waals surface area contributed by atoms with E-state index in [-0.39, 0.29) is 11.2 Å². The Labute approximate surface area is 125 Å². The molecule has 1 aromatic heterocycles. The van der Waals surface area contributed by atoms with Crippen molar-refractivity contribution in [3.8, 4) is 11.4 Å². The highest BCUT2D eigenvalue weighted by Crippen LogP contribution is 2.27. The predicted molar refractivity (Wildman–Crippen MR) is 78.8 cm³/mol. The zero-order chi connectivity index (χ0) is 14.2. The number of hydrogen-bond acceptors (Lipinski definition) is 2. The lowest BCUT2D eigenvalue weighted by Crippen LogP contribution is -2.14. The van der Waals surface area contributed by atoms with Crippen molar-refractivity contribution < 1.29 is 4.39 Å². The molecule has 0 aliphatic rings. The third-order valence-electron chi connectivity index (χ3n) is 2.58. The van der Waals surface area contributed by atoms with E-state index in [0.29, 0.717) is 21.0 Å². The van der Waals surface area contributed by atoms with Gasteiger partial charge in [-0.3, -0.25) is 0 Å². The van der Waals surface area contributed by atoms with E-state index in [1.54, 1.807) is 12.1 Å². The molecule has 100 valence electrons. The standard InChI is InChI=1S/C14H13BrClFN2/c1-14(2,3)11-7-12(16)19-13(18-11)8-4-9(15)6-10(17)5-8/h4-7H,1-3H3. The Balaban J connectivity index is 2.59. The van der Waals surface area contributed by atoms with Crippen LogP contribution in [0.4, 0.5) is 4.39 Å². The molecule has 2 rings (SSSR count). The van der Waals surface area contributed by atoms with Crippen molar-refractivity contribution in [3.63, 3.8) is 0 Å². The molecule has 0 radical (unpaired) electrons. The summed E-state index contributed by atoms with van der Waals surface area (Å²) in [7, 11) is 0. The van der Waals surface area contributed by atoms with Crippen LogP contribution >= 0.6 is 27.5 Å². The van der Waals surface area contributed by atoms with Crippen LogP contribution in [-0.2, 0) is 5.41 Å². The zero-order valence-electron chi connectivity index (χ0n) is 10.8. The molecule has 0 spiro atoms. The number of rotatable bonds is 1. The predicted octanol–water partition coefficient (Wildman–Crippen LogP) is 5.00. The van der Waals surface area contributed by atoms with Crippen LogP contribution in [0.1, 0.15) is 26.5 Å². The average molecular weight is 344 g/mol. The second kappa shape index (κ2) is 5.17. The highest BCUT2D eigenvalue weighted by molar-refractivity contribution is 9.10. The summed E-state index contributed by atoms with van der Waals surface area (Å²) >= 11 is 9.29. The topological polar surface area (TPSA) is 25.8 Å². The van der Waals surface area contributed by atoms with Gasteiger partial charge in [-0.15, -0.1) is 0 Å². The van der Waals surface area contributed by atoms with Crippen molar-refractivity contribution in [2.45, 2.75) is 26.2 Å². The SMILES string of the molecule is CC(C)(C)c1cc(Cl)nc(-c2cc(F)cc(Br)c2)n1. The average Bonchev–Trinajstić information content (AvgIpc) is 2.25. The molecular formula is C14H13BrClFN2. The summed E-state index contributed by atoms with van der Waals surface area (Å²) in [4.78, 5) is 8.64. The molecule has 1 heterocycles. The van der Waals surface area contributed by atoms with E-state index < -0.39 is 0 Å². The van der Waals surface area contributed by atoms with Gasteiger partial charge in [0.1, 0.15) is 11.0 Å². The third kappa shape index (κ3) is 3.51. The molecule has 0 aliphatic heterocycles. The van der Waals surface area contributed by atoms with E-state index in [1.165, 1.54) is 12.1 Å². The Kier molecular flexibility index (Phi) is 3.92. The maximum absolute atomic E-state index is 13.4. The first-order valence-corrected chi connectivity index (χ1v) is 6.94. The summed E-state index contributed by atoms with van der Waals surface area (Å²) in [5.41, 5.74) is 1.27. The van der Waals surface area contributed by atoms with Gasteiger partial charge in [0.05, 0.1) is 5.69 Å². The summed E-state index contributed by atoms with van der Waals surface area (Å²) < 4.78 is 14.1. The first-order valence-electron chi connectivity index (χ1n) is 5.77. The fraction of sp³-hybridized carbons (Fsp3) is 0.286. The van der Waals surface area contributed by atoms with Crippen molar-refractivity contribution in [1.82, 2.24) is 9.97 Å². The van der Waals surface area contributed by atoms with Crippen molar-refractivity contribution in [3.05, 3.63) is 45.4 Å². The Hall–Kier alpha value is -1.00. The van der Waals surface area contributed by atoms with Crippen molar-refractivity contribution in [2.24, 2.45) is 0 Å². The van der Waals surface area contributed by atoms with Gasteiger partial charge in [0, 0.05) is 15.5 Å². The molecule has 0 unspecified atom stereocenters. The molecule has 0 saturated carbocycles. The van der Waals surface area contributed by atoms with E-state index >= 15 is 0 Å². The summed E-state index contributed by atoms with van der Waals surface area (Å²) in [6.07, 6.45) is 0. The molecule has 1 aromatic carbocycles. The third-order valence-corrected chi connectivity index (χ3v) is 3.24. The van der Waals surface area contributed by atoms with Crippen molar-refractivity contribution in [2.75, 3.05) is 0 Å². The minimum atomic E-state index is -0.342. The summed E-state index contributed by atoms with van der Waals surface area (Å²) in [6.45, 7) is 6.12. The van der Waals surface area contributed by atoms with Gasteiger partial charge in [-0.05, 0) is 24.3 Å². The van der Waals surface area contributed by atoms with E-state index in [0.717, 1.165) is 5.69 Å². The molecule has 2 nitrogen and oxygen atoms in total. The van der Waals surface area contributed by atoms with E-state index in [1.807, 2.05) is 20.8 Å². The van der Waals surface area contributed by atoms with Crippen LogP contribution < -0.4 is 0 Å². The van der Waals surface area contributed by atoms with E-state index in [4.69, 9.17) is 11.6 Å². The van der Waals surface area contributed by atoms with Crippen LogP contribution in [0.15, 0.2) is 28.7 Å². The molecule has 0 N–H and O–H groups in total. The van der Waals surface area contributed by atoms with Crippen LogP contribution in [0.25, 0.3) is 11.4 Å². The Bertz CT molecular complexity index is 603. The zero-order valence-corrected chi connectivity index (χ0v) is 13.2. The van der Waals surface area contributed by atoms with Gasteiger partial charge in [0.25, 0.3) is 0 Å². The molecule has 2 aromatic rings. The first kappa shape index (κ1) is 14.4. The van der Waals surface area contributed by atoms with E-state index in [9.17, 15) is 4.39 Å². The van der Waals surface area contributed by atoms with Gasteiger partial charge >= 0.3 is 0 Å². The second-order valence-electron chi connectivity index (χ2n) is 5.31. The quantitative estimate of drug-likeness (QED) is 0.681. The Morgan fingerprint density at radius 1 is 1.11 bits per heavy atom. The minimum absolute atomic E-state index is 0.147. The van der Waals surface area contributed by atoms with Gasteiger partial charge in [-0.2, -0.15) is 0 Å². The normalized spacial score (nSPS) is 11.7. The molecule has 5 heteroatoms. The van der Waals surface area contributed by atoms with Gasteiger partial charge in [0.2, 0.25) is 0 Å². The number of nitrogens with zero attached hydrogens (tertiary/aromatic N) is 2. The monoisotopic (exact) mass is 342 g/mol. The lowest BCUT2D eigenvalue weighted by molar-refractivity contribution is 0.568. The molecule has 19 heavy (non-hydrogen) atoms. The van der Waals surface area contributed by atoms with Crippen molar-refractivity contribution >= 4 is 27.5 Å². The lowest BCUT2D eigenvalue weighted by atomic mass is 9.92. The fourth-order valence-corrected chi connectivity index (χ4v) is 2.26. The summed E-state index contributed by atoms with van der Waals surface area (Å²) in [5, 5.41) is 0.357. The molecule has 0 aliphatic carbocycles. The summed E-state index contributed by atoms with van der Waals surface area (Å²) in [5.74, 6) is 0.0860. The number of aromatic nitrogens is 2. The smallest absolute Gasteiger partial charge is 0.161 e. The van der Waals surface area contributed by atoms with E-state index in [2.05, 4.69) is 25.9 Å². The second-order valence-corrected chi connectivity index (χ2v) is 6.61. The van der Waals surface area contributed by atoms with Gasteiger partial charge in [-0.1, -0.05) is 48.3 Å². The molecular weight excluding hydrogens is 331 g/mol. The summed E-state index contributed by atoms with van der Waals surface area (Å²) in [6, 6.07) is 6.28. The maximum atomic E-state index is 13.4. The van der Waals surface area contributed by atoms with Crippen LogP contribution in [0.2, 0.25) is 5.15 Å². The highest BCUT2D eigenvalue weighted by atomic mass is 79.9. The van der Waals surface area contributed by atoms with Crippen LogP contribution in [0.5, 0.6) is 0 Å². The minimum Gasteiger partial charge on any atom is -0.232 e. The van der Waals surface area contributed by atoms with Gasteiger partial charge < -0.3 is 0 Å².